The molecule has 2 rings (SSSR count). The molecular weight excluding hydrogens is 323 g/mol. The number of carbonyl (C=O) groups is 1. The van der Waals surface area contributed by atoms with E-state index in [0.29, 0.717) is 0 Å². The summed E-state index contributed by atoms with van der Waals surface area (Å²) in [7, 11) is 0. The van der Waals surface area contributed by atoms with Gasteiger partial charge in [-0.1, -0.05) is 18.2 Å². The van der Waals surface area contributed by atoms with Crippen molar-refractivity contribution in [2.24, 2.45) is 5.73 Å². The summed E-state index contributed by atoms with van der Waals surface area (Å²) in [4.78, 5) is 12.1. The maximum Gasteiger partial charge on any atom is 0.433 e. The molecule has 0 spiro atoms. The van der Waals surface area contributed by atoms with Gasteiger partial charge < -0.3 is 10.5 Å². The Morgan fingerprint density at radius 3 is 2.54 bits per heavy atom. The Kier molecular flexibility index (Phi) is 5.61. The summed E-state index contributed by atoms with van der Waals surface area (Å²) < 4.78 is 46.6. The van der Waals surface area contributed by atoms with E-state index in [1.54, 1.807) is 25.1 Å². The SMILES string of the molecule is CCOC(=O)C(CCN)c1cnn(-c2ccccc2)c1C(F)(F)F. The third kappa shape index (κ3) is 3.76. The molecule has 1 heterocycles. The number of hydrogen-bond donors (Lipinski definition) is 1. The minimum Gasteiger partial charge on any atom is -0.466 e. The Labute approximate surface area is 137 Å². The summed E-state index contributed by atoms with van der Waals surface area (Å²) >= 11 is 0. The summed E-state index contributed by atoms with van der Waals surface area (Å²) in [6, 6.07) is 7.93. The highest BCUT2D eigenvalue weighted by atomic mass is 19.4. The van der Waals surface area contributed by atoms with E-state index in [1.165, 1.54) is 12.1 Å². The molecule has 1 atom stereocenters. The molecule has 0 fully saturated rings. The highest BCUT2D eigenvalue weighted by Gasteiger charge is 2.42. The van der Waals surface area contributed by atoms with Crippen LogP contribution < -0.4 is 5.73 Å². The first-order valence-corrected chi connectivity index (χ1v) is 7.47. The molecule has 0 aliphatic carbocycles. The lowest BCUT2D eigenvalue weighted by molar-refractivity contribution is -0.147. The number of ether oxygens (including phenoxy) is 1. The molecular formula is C16H18F3N3O2. The van der Waals surface area contributed by atoms with Gasteiger partial charge in [-0.2, -0.15) is 18.3 Å². The quantitative estimate of drug-likeness (QED) is 0.820. The van der Waals surface area contributed by atoms with Gasteiger partial charge in [0.1, 0.15) is 0 Å². The Balaban J connectivity index is 2.57. The van der Waals surface area contributed by atoms with Crippen LogP contribution in [0.5, 0.6) is 0 Å². The number of benzene rings is 1. The third-order valence-corrected chi connectivity index (χ3v) is 3.47. The molecule has 2 aromatic rings. The average molecular weight is 341 g/mol. The second kappa shape index (κ2) is 7.48. The van der Waals surface area contributed by atoms with E-state index in [2.05, 4.69) is 5.10 Å². The van der Waals surface area contributed by atoms with E-state index < -0.39 is 23.8 Å². The number of rotatable bonds is 6. The van der Waals surface area contributed by atoms with Crippen molar-refractivity contribution >= 4 is 5.97 Å². The molecule has 0 radical (unpaired) electrons. The van der Waals surface area contributed by atoms with Gasteiger partial charge in [-0.3, -0.25) is 4.79 Å². The van der Waals surface area contributed by atoms with Crippen LogP contribution in [0.3, 0.4) is 0 Å². The van der Waals surface area contributed by atoms with E-state index in [0.717, 1.165) is 10.9 Å². The van der Waals surface area contributed by atoms with Crippen LogP contribution in [0.4, 0.5) is 13.2 Å². The van der Waals surface area contributed by atoms with E-state index in [1.807, 2.05) is 0 Å². The highest BCUT2D eigenvalue weighted by molar-refractivity contribution is 5.78. The van der Waals surface area contributed by atoms with Crippen LogP contribution in [0.2, 0.25) is 0 Å². The zero-order valence-corrected chi connectivity index (χ0v) is 13.1. The number of para-hydroxylation sites is 1. The summed E-state index contributed by atoms with van der Waals surface area (Å²) in [5.41, 5.74) is 4.50. The van der Waals surface area contributed by atoms with Crippen molar-refractivity contribution in [1.82, 2.24) is 9.78 Å². The zero-order valence-electron chi connectivity index (χ0n) is 13.1. The predicted molar refractivity (Wildman–Crippen MR) is 81.6 cm³/mol. The number of esters is 1. The molecule has 5 nitrogen and oxygen atoms in total. The van der Waals surface area contributed by atoms with Gasteiger partial charge in [0, 0.05) is 5.56 Å². The third-order valence-electron chi connectivity index (χ3n) is 3.47. The fraction of sp³-hybridized carbons (Fsp3) is 0.375. The first-order chi connectivity index (χ1) is 11.4. The molecule has 130 valence electrons. The van der Waals surface area contributed by atoms with Gasteiger partial charge in [0.2, 0.25) is 0 Å². The number of alkyl halides is 3. The molecule has 0 saturated carbocycles. The first-order valence-electron chi connectivity index (χ1n) is 7.47. The molecule has 0 saturated heterocycles. The van der Waals surface area contributed by atoms with E-state index >= 15 is 0 Å². The number of nitrogens with two attached hydrogens (primary N) is 1. The zero-order chi connectivity index (χ0) is 17.7. The topological polar surface area (TPSA) is 70.1 Å². The number of nitrogens with zero attached hydrogens (tertiary/aromatic N) is 2. The second-order valence-electron chi connectivity index (χ2n) is 5.08. The van der Waals surface area contributed by atoms with Gasteiger partial charge in [0.25, 0.3) is 0 Å². The maximum atomic E-state index is 13.6. The molecule has 1 aromatic heterocycles. The molecule has 1 aromatic carbocycles. The van der Waals surface area contributed by atoms with Gasteiger partial charge in [0.05, 0.1) is 24.4 Å². The van der Waals surface area contributed by atoms with Gasteiger partial charge >= 0.3 is 12.1 Å². The fourth-order valence-corrected chi connectivity index (χ4v) is 2.47. The molecule has 1 unspecified atom stereocenters. The minimum absolute atomic E-state index is 0.0440. The number of aromatic nitrogens is 2. The minimum atomic E-state index is -4.68. The number of carbonyl (C=O) groups excluding carboxylic acids is 1. The highest BCUT2D eigenvalue weighted by Crippen LogP contribution is 2.38. The monoisotopic (exact) mass is 341 g/mol. The number of hydrogen-bond acceptors (Lipinski definition) is 4. The molecule has 0 aliphatic rings. The van der Waals surface area contributed by atoms with Crippen molar-refractivity contribution in [2.75, 3.05) is 13.2 Å². The van der Waals surface area contributed by atoms with Crippen molar-refractivity contribution in [3.05, 3.63) is 47.8 Å². The standard InChI is InChI=1S/C16H18F3N3O2/c1-2-24-15(23)12(8-9-20)13-10-21-22(14(13)16(17,18)19)11-6-4-3-5-7-11/h3-7,10,12H,2,8-9,20H2,1H3. The van der Waals surface area contributed by atoms with Crippen molar-refractivity contribution in [3.63, 3.8) is 0 Å². The lowest BCUT2D eigenvalue weighted by atomic mass is 9.95. The molecule has 0 bridgehead atoms. The largest absolute Gasteiger partial charge is 0.466 e. The van der Waals surface area contributed by atoms with Crippen LogP contribution in [-0.4, -0.2) is 28.9 Å². The summed E-state index contributed by atoms with van der Waals surface area (Å²) in [6.07, 6.45) is -3.57. The van der Waals surface area contributed by atoms with E-state index in [-0.39, 0.29) is 30.8 Å². The van der Waals surface area contributed by atoms with Crippen LogP contribution in [0.25, 0.3) is 5.69 Å². The van der Waals surface area contributed by atoms with Crippen molar-refractivity contribution < 1.29 is 22.7 Å². The number of halogens is 3. The lowest BCUT2D eigenvalue weighted by Crippen LogP contribution is -2.23. The Morgan fingerprint density at radius 1 is 1.33 bits per heavy atom. The van der Waals surface area contributed by atoms with Gasteiger partial charge in [-0.25, -0.2) is 4.68 Å². The Hall–Kier alpha value is -2.35. The van der Waals surface area contributed by atoms with Gasteiger partial charge in [-0.15, -0.1) is 0 Å². The maximum absolute atomic E-state index is 13.6. The van der Waals surface area contributed by atoms with E-state index in [4.69, 9.17) is 10.5 Å². The predicted octanol–water partition coefficient (Wildman–Crippen LogP) is 2.89. The van der Waals surface area contributed by atoms with Crippen molar-refractivity contribution in [2.45, 2.75) is 25.4 Å². The average Bonchev–Trinajstić information content (AvgIpc) is 2.98. The summed E-state index contributed by atoms with van der Waals surface area (Å²) in [5.74, 6) is -1.84. The Morgan fingerprint density at radius 2 is 2.00 bits per heavy atom. The molecule has 0 amide bonds. The van der Waals surface area contributed by atoms with Crippen LogP contribution in [0, 0.1) is 0 Å². The molecule has 8 heteroatoms. The molecule has 0 aliphatic heterocycles. The van der Waals surface area contributed by atoms with Crippen molar-refractivity contribution in [3.8, 4) is 5.69 Å². The second-order valence-corrected chi connectivity index (χ2v) is 5.08. The van der Waals surface area contributed by atoms with Crippen molar-refractivity contribution in [1.29, 1.82) is 0 Å². The summed E-state index contributed by atoms with van der Waals surface area (Å²) in [6.45, 7) is 1.72. The smallest absolute Gasteiger partial charge is 0.433 e. The van der Waals surface area contributed by atoms with Crippen LogP contribution in [-0.2, 0) is 15.7 Å². The van der Waals surface area contributed by atoms with Gasteiger partial charge in [0.15, 0.2) is 5.69 Å². The van der Waals surface area contributed by atoms with Gasteiger partial charge in [-0.05, 0) is 32.0 Å². The summed E-state index contributed by atoms with van der Waals surface area (Å²) in [5, 5.41) is 3.85. The van der Waals surface area contributed by atoms with Crippen LogP contribution in [0.1, 0.15) is 30.5 Å². The van der Waals surface area contributed by atoms with Crippen LogP contribution >= 0.6 is 0 Å². The van der Waals surface area contributed by atoms with Crippen LogP contribution in [0.15, 0.2) is 36.5 Å². The first kappa shape index (κ1) is 18.0. The Bertz CT molecular complexity index is 684. The lowest BCUT2D eigenvalue weighted by Gasteiger charge is -2.18. The molecule has 2 N–H and O–H groups in total. The molecule has 24 heavy (non-hydrogen) atoms. The normalized spacial score (nSPS) is 12.9. The fourth-order valence-electron chi connectivity index (χ4n) is 2.47. The van der Waals surface area contributed by atoms with E-state index in [9.17, 15) is 18.0 Å².